The number of anilines is 1. The molecule has 4 fully saturated rings. The van der Waals surface area contributed by atoms with Crippen LogP contribution in [0.3, 0.4) is 0 Å². The number of halogens is 1. The van der Waals surface area contributed by atoms with Gasteiger partial charge in [-0.3, -0.25) is 5.10 Å². The number of nitrogens with one attached hydrogen (secondary N) is 2. The van der Waals surface area contributed by atoms with Gasteiger partial charge in [0, 0.05) is 42.4 Å². The lowest BCUT2D eigenvalue weighted by molar-refractivity contribution is 0.196. The van der Waals surface area contributed by atoms with Crippen LogP contribution in [0.5, 0.6) is 0 Å². The van der Waals surface area contributed by atoms with Crippen LogP contribution in [-0.2, 0) is 0 Å². The Labute approximate surface area is 159 Å². The summed E-state index contributed by atoms with van der Waals surface area (Å²) in [6.07, 6.45) is 7.53. The second-order valence-corrected chi connectivity index (χ2v) is 8.59. The number of alkyl halides is 1. The molecule has 7 heteroatoms. The molecule has 1 unspecified atom stereocenters. The summed E-state index contributed by atoms with van der Waals surface area (Å²) in [6, 6.07) is 4.05. The molecule has 0 spiro atoms. The Bertz CT molecular complexity index is 808. The molecule has 2 N–H and O–H groups in total. The molecule has 0 aromatic carbocycles. The van der Waals surface area contributed by atoms with Gasteiger partial charge in [0.05, 0.1) is 5.69 Å². The third-order valence-corrected chi connectivity index (χ3v) is 6.69. The van der Waals surface area contributed by atoms with Gasteiger partial charge >= 0.3 is 0 Å². The molecule has 2 aliphatic carbocycles. The summed E-state index contributed by atoms with van der Waals surface area (Å²) in [6.45, 7) is 1.97. The van der Waals surface area contributed by atoms with Gasteiger partial charge in [0.15, 0.2) is 6.17 Å². The van der Waals surface area contributed by atoms with Crippen molar-refractivity contribution in [3.63, 3.8) is 0 Å². The second-order valence-electron chi connectivity index (χ2n) is 8.59. The summed E-state index contributed by atoms with van der Waals surface area (Å²) in [5, 5.41) is 10.6. The molecule has 2 saturated heterocycles. The number of aromatic amines is 1. The highest BCUT2D eigenvalue weighted by atomic mass is 19.1. The highest BCUT2D eigenvalue weighted by Crippen LogP contribution is 2.52. The first kappa shape index (κ1) is 17.1. The van der Waals surface area contributed by atoms with Crippen molar-refractivity contribution in [2.75, 3.05) is 25.0 Å². The zero-order chi connectivity index (χ0) is 18.4. The lowest BCUT2D eigenvalue weighted by atomic mass is 9.70. The first-order chi connectivity index (χ1) is 13.2. The quantitative estimate of drug-likeness (QED) is 0.818. The number of nitrogens with zero attached hydrogens (tertiary/aromatic N) is 4. The monoisotopic (exact) mass is 370 g/mol. The van der Waals surface area contributed by atoms with Crippen molar-refractivity contribution in [1.82, 2.24) is 25.5 Å². The smallest absolute Gasteiger partial charge is 0.225 e. The van der Waals surface area contributed by atoms with Crippen molar-refractivity contribution in [2.45, 2.75) is 56.7 Å². The van der Waals surface area contributed by atoms with Crippen LogP contribution in [0.4, 0.5) is 10.3 Å². The number of hydrogen-bond donors (Lipinski definition) is 2. The Hall–Kier alpha value is -2.02. The zero-order valence-corrected chi connectivity index (χ0v) is 15.8. The molecule has 4 aliphatic rings. The predicted molar refractivity (Wildman–Crippen MR) is 102 cm³/mol. The van der Waals surface area contributed by atoms with E-state index in [4.69, 9.17) is 0 Å². The number of rotatable bonds is 6. The van der Waals surface area contributed by atoms with Crippen molar-refractivity contribution in [3.8, 4) is 0 Å². The van der Waals surface area contributed by atoms with Crippen LogP contribution < -0.4 is 10.2 Å². The van der Waals surface area contributed by atoms with Crippen LogP contribution >= 0.6 is 0 Å². The number of hydrogen-bond acceptors (Lipinski definition) is 5. The predicted octanol–water partition coefficient (Wildman–Crippen LogP) is 3.10. The van der Waals surface area contributed by atoms with Crippen LogP contribution in [0.1, 0.15) is 67.7 Å². The van der Waals surface area contributed by atoms with E-state index in [0.29, 0.717) is 34.7 Å². The molecule has 2 bridgehead atoms. The van der Waals surface area contributed by atoms with Gasteiger partial charge in [-0.15, -0.1) is 0 Å². The Kier molecular flexibility index (Phi) is 4.15. The van der Waals surface area contributed by atoms with Crippen LogP contribution in [0.25, 0.3) is 0 Å². The maximum atomic E-state index is 15.1. The topological polar surface area (TPSA) is 69.7 Å². The second kappa shape index (κ2) is 6.55. The fourth-order valence-electron chi connectivity index (χ4n) is 5.31. The van der Waals surface area contributed by atoms with E-state index in [1.54, 1.807) is 12.3 Å². The fourth-order valence-corrected chi connectivity index (χ4v) is 5.31. The van der Waals surface area contributed by atoms with Crippen molar-refractivity contribution >= 4 is 5.95 Å². The molecule has 6 nitrogen and oxygen atoms in total. The highest BCUT2D eigenvalue weighted by molar-refractivity contribution is 5.41. The lowest BCUT2D eigenvalue weighted by Crippen LogP contribution is -2.41. The minimum absolute atomic E-state index is 0.340. The van der Waals surface area contributed by atoms with Crippen molar-refractivity contribution in [2.24, 2.45) is 5.41 Å². The largest absolute Gasteiger partial charge is 0.337 e. The van der Waals surface area contributed by atoms with Crippen LogP contribution in [0, 0.1) is 5.41 Å². The van der Waals surface area contributed by atoms with E-state index in [-0.39, 0.29) is 0 Å². The van der Waals surface area contributed by atoms with E-state index in [2.05, 4.69) is 30.4 Å². The molecule has 144 valence electrons. The zero-order valence-electron chi connectivity index (χ0n) is 15.8. The minimum Gasteiger partial charge on any atom is -0.337 e. The van der Waals surface area contributed by atoms with E-state index in [9.17, 15) is 0 Å². The molecular formula is C20H27FN6. The standard InChI is InChI=1S/C20H27FN6/c1-22-11-20-9-14(10-20)27(12-20)19-23-7-6-15(24-19)18(21)17-8-16(25-26-17)13-4-2-3-5-13/h6-8,13-14,18,22H,2-5,9-12H2,1H3,(H,25,26). The Balaban J connectivity index is 1.33. The van der Waals surface area contributed by atoms with Gasteiger partial charge in [-0.1, -0.05) is 12.8 Å². The van der Waals surface area contributed by atoms with Gasteiger partial charge in [0.1, 0.15) is 5.69 Å². The maximum absolute atomic E-state index is 15.1. The molecule has 27 heavy (non-hydrogen) atoms. The number of fused-ring (bicyclic) bond motifs is 1. The van der Waals surface area contributed by atoms with Gasteiger partial charge in [0.2, 0.25) is 5.95 Å². The molecule has 4 heterocycles. The van der Waals surface area contributed by atoms with E-state index in [1.165, 1.54) is 38.5 Å². The van der Waals surface area contributed by atoms with Crippen LogP contribution in [0.2, 0.25) is 0 Å². The molecule has 2 aromatic rings. The van der Waals surface area contributed by atoms with E-state index >= 15 is 4.39 Å². The van der Waals surface area contributed by atoms with Crippen LogP contribution in [-0.4, -0.2) is 46.3 Å². The molecule has 2 aromatic heterocycles. The van der Waals surface area contributed by atoms with E-state index in [1.807, 2.05) is 13.1 Å². The summed E-state index contributed by atoms with van der Waals surface area (Å²) in [5.74, 6) is 1.15. The minimum atomic E-state index is -1.32. The first-order valence-corrected chi connectivity index (χ1v) is 10.1. The van der Waals surface area contributed by atoms with Crippen molar-refractivity contribution in [3.05, 3.63) is 35.4 Å². The Morgan fingerprint density at radius 2 is 2.15 bits per heavy atom. The number of aromatic nitrogens is 4. The molecule has 2 saturated carbocycles. The molecule has 2 aliphatic heterocycles. The van der Waals surface area contributed by atoms with Gasteiger partial charge in [-0.2, -0.15) is 5.10 Å². The Morgan fingerprint density at radius 3 is 2.93 bits per heavy atom. The van der Waals surface area contributed by atoms with Crippen molar-refractivity contribution < 1.29 is 4.39 Å². The average Bonchev–Trinajstić information content (AvgIpc) is 3.42. The lowest BCUT2D eigenvalue weighted by Gasteiger charge is -2.36. The highest BCUT2D eigenvalue weighted by Gasteiger charge is 2.55. The van der Waals surface area contributed by atoms with Gasteiger partial charge in [0.25, 0.3) is 0 Å². The van der Waals surface area contributed by atoms with Gasteiger partial charge in [-0.05, 0) is 44.9 Å². The maximum Gasteiger partial charge on any atom is 0.225 e. The fraction of sp³-hybridized carbons (Fsp3) is 0.650. The summed E-state index contributed by atoms with van der Waals surface area (Å²) in [7, 11) is 2.00. The van der Waals surface area contributed by atoms with Gasteiger partial charge < -0.3 is 10.2 Å². The van der Waals surface area contributed by atoms with Crippen LogP contribution in [0.15, 0.2) is 18.3 Å². The number of H-pyrrole nitrogens is 1. The summed E-state index contributed by atoms with van der Waals surface area (Å²) >= 11 is 0. The molecule has 0 radical (unpaired) electrons. The average molecular weight is 370 g/mol. The third kappa shape index (κ3) is 2.92. The Morgan fingerprint density at radius 1 is 1.33 bits per heavy atom. The molecule has 1 atom stereocenters. The molecule has 6 rings (SSSR count). The summed E-state index contributed by atoms with van der Waals surface area (Å²) in [4.78, 5) is 11.3. The SMILES string of the molecule is CNCC12CC(C1)N(c1nccc(C(F)c3cc(C4CCCC4)[nH]n3)n1)C2. The van der Waals surface area contributed by atoms with E-state index < -0.39 is 6.17 Å². The van der Waals surface area contributed by atoms with Crippen molar-refractivity contribution in [1.29, 1.82) is 0 Å². The third-order valence-electron chi connectivity index (χ3n) is 6.69. The summed E-state index contributed by atoms with van der Waals surface area (Å²) in [5.41, 5.74) is 2.23. The normalized spacial score (nSPS) is 28.5. The van der Waals surface area contributed by atoms with E-state index in [0.717, 1.165) is 18.8 Å². The molecular weight excluding hydrogens is 343 g/mol. The summed E-state index contributed by atoms with van der Waals surface area (Å²) < 4.78 is 15.1. The first-order valence-electron chi connectivity index (χ1n) is 10.1. The van der Waals surface area contributed by atoms with Gasteiger partial charge in [-0.25, -0.2) is 14.4 Å². The molecule has 0 amide bonds.